The quantitative estimate of drug-likeness (QED) is 0.441. The molecule has 2 aromatic carbocycles. The van der Waals surface area contributed by atoms with E-state index in [4.69, 9.17) is 0 Å². The largest absolute Gasteiger partial charge is 0.335 e. The van der Waals surface area contributed by atoms with E-state index in [-0.39, 0.29) is 17.6 Å². The van der Waals surface area contributed by atoms with Crippen molar-refractivity contribution in [2.75, 3.05) is 39.3 Å². The third kappa shape index (κ3) is 4.11. The highest BCUT2D eigenvalue weighted by atomic mass is 32.1. The highest BCUT2D eigenvalue weighted by molar-refractivity contribution is 7.11. The maximum absolute atomic E-state index is 13.3. The smallest absolute Gasteiger partial charge is 0.282 e. The molecule has 0 saturated carbocycles. The first kappa shape index (κ1) is 21.9. The molecule has 0 N–H and O–H groups in total. The summed E-state index contributed by atoms with van der Waals surface area (Å²) in [5.41, 5.74) is 2.52. The van der Waals surface area contributed by atoms with Crippen LogP contribution in [0, 0.1) is 5.82 Å². The van der Waals surface area contributed by atoms with E-state index in [2.05, 4.69) is 9.88 Å². The Morgan fingerprint density at radius 2 is 1.69 bits per heavy atom. The van der Waals surface area contributed by atoms with Crippen LogP contribution in [0.2, 0.25) is 0 Å². The van der Waals surface area contributed by atoms with E-state index in [9.17, 15) is 14.0 Å². The molecule has 0 atom stereocenters. The molecule has 2 amide bonds. The molecule has 0 unspecified atom stereocenters. The fourth-order valence-electron chi connectivity index (χ4n) is 4.89. The summed E-state index contributed by atoms with van der Waals surface area (Å²) in [5.74, 6) is -0.221. The molecule has 0 bridgehead atoms. The normalized spacial score (nSPS) is 17.1. The van der Waals surface area contributed by atoms with Crippen molar-refractivity contribution >= 4 is 34.1 Å². The van der Waals surface area contributed by atoms with Crippen LogP contribution in [0.15, 0.2) is 66.3 Å². The molecule has 2 aliphatic rings. The molecule has 0 radical (unpaired) electrons. The second kappa shape index (κ2) is 8.90. The number of carbonyl (C=O) groups is 2. The summed E-state index contributed by atoms with van der Waals surface area (Å²) in [7, 11) is 0. The number of carbonyl (C=O) groups excluding carboxylic acids is 2. The van der Waals surface area contributed by atoms with Gasteiger partial charge in [-0.25, -0.2) is 9.37 Å². The Hall–Kier alpha value is -3.56. The van der Waals surface area contributed by atoms with Crippen LogP contribution in [-0.4, -0.2) is 81.4 Å². The Labute approximate surface area is 206 Å². The van der Waals surface area contributed by atoms with Gasteiger partial charge in [0.2, 0.25) is 0 Å². The summed E-state index contributed by atoms with van der Waals surface area (Å²) in [6.07, 6.45) is 3.59. The van der Waals surface area contributed by atoms with E-state index in [1.54, 1.807) is 18.3 Å². The predicted octanol–water partition coefficient (Wildman–Crippen LogP) is 3.51. The van der Waals surface area contributed by atoms with Crippen molar-refractivity contribution in [1.82, 2.24) is 24.3 Å². The Morgan fingerprint density at radius 1 is 0.914 bits per heavy atom. The highest BCUT2D eigenvalue weighted by Gasteiger charge is 2.37. The van der Waals surface area contributed by atoms with E-state index < -0.39 is 0 Å². The monoisotopic (exact) mass is 488 g/mol. The van der Waals surface area contributed by atoms with Crippen molar-refractivity contribution in [3.05, 3.63) is 82.7 Å². The third-order valence-corrected chi connectivity index (χ3v) is 7.69. The molecule has 7 nitrogen and oxygen atoms in total. The number of hydrogen-bond donors (Lipinski definition) is 0. The molecule has 35 heavy (non-hydrogen) atoms. The number of aromatic nitrogens is 2. The van der Waals surface area contributed by atoms with Gasteiger partial charge in [-0.3, -0.25) is 14.5 Å². The average molecular weight is 489 g/mol. The van der Waals surface area contributed by atoms with Crippen molar-refractivity contribution in [2.24, 2.45) is 0 Å². The van der Waals surface area contributed by atoms with Crippen LogP contribution in [-0.2, 0) is 0 Å². The Morgan fingerprint density at radius 3 is 2.40 bits per heavy atom. The van der Waals surface area contributed by atoms with Gasteiger partial charge in [-0.15, -0.1) is 11.3 Å². The van der Waals surface area contributed by atoms with Crippen LogP contribution in [0.3, 0.4) is 0 Å². The van der Waals surface area contributed by atoms with Gasteiger partial charge in [0.15, 0.2) is 5.01 Å². The van der Waals surface area contributed by atoms with Crippen molar-refractivity contribution in [3.8, 4) is 5.69 Å². The van der Waals surface area contributed by atoms with Crippen molar-refractivity contribution in [1.29, 1.82) is 0 Å². The molecule has 6 rings (SSSR count). The second-order valence-electron chi connectivity index (χ2n) is 8.97. The van der Waals surface area contributed by atoms with Gasteiger partial charge in [-0.05, 0) is 48.5 Å². The first-order valence-electron chi connectivity index (χ1n) is 11.7. The molecule has 178 valence electrons. The molecular weight excluding hydrogens is 464 g/mol. The lowest BCUT2D eigenvalue weighted by atomic mass is 10.0. The Kier molecular flexibility index (Phi) is 5.58. The van der Waals surface area contributed by atoms with Crippen LogP contribution in [0.5, 0.6) is 0 Å². The SMILES string of the molecule is O=C(c1ccc2c(ccn2-c2ccc([18F])cc2)c1)N1CC(N2CCN(C(=O)c3nccs3)CC2)C1. The van der Waals surface area contributed by atoms with Gasteiger partial charge in [0.05, 0.1) is 5.52 Å². The molecule has 2 aliphatic heterocycles. The first-order valence-corrected chi connectivity index (χ1v) is 12.5. The van der Waals surface area contributed by atoms with Crippen LogP contribution in [0.25, 0.3) is 16.6 Å². The molecule has 0 spiro atoms. The van der Waals surface area contributed by atoms with Crippen molar-refractivity contribution < 1.29 is 14.0 Å². The summed E-state index contributed by atoms with van der Waals surface area (Å²) in [4.78, 5) is 35.8. The molecule has 4 heterocycles. The average Bonchev–Trinajstić information content (AvgIpc) is 3.54. The Balaban J connectivity index is 1.06. The number of rotatable bonds is 4. The number of hydrogen-bond acceptors (Lipinski definition) is 5. The number of benzene rings is 2. The standard InChI is InChI=1S/C26H24FN5O2S/c27-20-2-4-21(5-3-20)32-9-7-18-15-19(1-6-23(18)32)25(33)31-16-22(17-31)29-10-12-30(13-11-29)26(34)24-28-8-14-35-24/h1-9,14-15,22H,10-13,16-17H2/i27-1. The lowest BCUT2D eigenvalue weighted by Gasteiger charge is -2.48. The number of likely N-dealkylation sites (tertiary alicyclic amines) is 1. The Bertz CT molecular complexity index is 1370. The van der Waals surface area contributed by atoms with Crippen LogP contribution in [0.4, 0.5) is 4.39 Å². The predicted molar refractivity (Wildman–Crippen MR) is 133 cm³/mol. The second-order valence-corrected chi connectivity index (χ2v) is 9.86. The van der Waals surface area contributed by atoms with Crippen LogP contribution in [0.1, 0.15) is 20.2 Å². The van der Waals surface area contributed by atoms with Gasteiger partial charge in [0.25, 0.3) is 11.8 Å². The van der Waals surface area contributed by atoms with Gasteiger partial charge in [0.1, 0.15) is 5.82 Å². The minimum absolute atomic E-state index is 0.00807. The molecule has 4 aromatic rings. The molecular formula is C26H24FN5O2S. The number of nitrogens with zero attached hydrogens (tertiary/aromatic N) is 5. The maximum Gasteiger partial charge on any atom is 0.282 e. The zero-order chi connectivity index (χ0) is 23.9. The molecule has 2 saturated heterocycles. The van der Waals surface area contributed by atoms with Crippen molar-refractivity contribution in [2.45, 2.75) is 6.04 Å². The number of halogens is 1. The van der Waals surface area contributed by atoms with Gasteiger partial charge in [0, 0.05) is 79.7 Å². The summed E-state index contributed by atoms with van der Waals surface area (Å²) >= 11 is 1.37. The van der Waals surface area contributed by atoms with E-state index in [0.29, 0.717) is 42.8 Å². The molecule has 9 heteroatoms. The topological polar surface area (TPSA) is 61.7 Å². The fraction of sp³-hybridized carbons (Fsp3) is 0.269. The first-order chi connectivity index (χ1) is 17.1. The molecule has 2 aromatic heterocycles. The third-order valence-electron chi connectivity index (χ3n) is 6.92. The minimum Gasteiger partial charge on any atom is -0.335 e. The lowest BCUT2D eigenvalue weighted by Crippen LogP contribution is -2.64. The van der Waals surface area contributed by atoms with E-state index in [1.165, 1.54) is 23.5 Å². The number of piperazine rings is 1. The number of fused-ring (bicyclic) bond motifs is 1. The van der Waals surface area contributed by atoms with Gasteiger partial charge >= 0.3 is 0 Å². The lowest BCUT2D eigenvalue weighted by molar-refractivity contribution is 0.00854. The zero-order valence-electron chi connectivity index (χ0n) is 19.0. The van der Waals surface area contributed by atoms with Crippen LogP contribution < -0.4 is 0 Å². The number of amides is 2. The minimum atomic E-state index is -0.267. The summed E-state index contributed by atoms with van der Waals surface area (Å²) in [5, 5.41) is 3.34. The number of thiazole rings is 1. The van der Waals surface area contributed by atoms with E-state index in [1.807, 2.05) is 50.2 Å². The van der Waals surface area contributed by atoms with Crippen molar-refractivity contribution in [3.63, 3.8) is 0 Å². The fourth-order valence-corrected chi connectivity index (χ4v) is 5.49. The summed E-state index contributed by atoms with van der Waals surface area (Å²) in [6.45, 7) is 4.40. The van der Waals surface area contributed by atoms with E-state index in [0.717, 1.165) is 29.7 Å². The van der Waals surface area contributed by atoms with Gasteiger partial charge < -0.3 is 14.4 Å². The maximum atomic E-state index is 13.3. The zero-order valence-corrected chi connectivity index (χ0v) is 19.8. The highest BCUT2D eigenvalue weighted by Crippen LogP contribution is 2.25. The van der Waals surface area contributed by atoms with E-state index >= 15 is 0 Å². The summed E-state index contributed by atoms with van der Waals surface area (Å²) in [6, 6.07) is 14.4. The van der Waals surface area contributed by atoms with Gasteiger partial charge in [-0.1, -0.05) is 0 Å². The summed E-state index contributed by atoms with van der Waals surface area (Å²) < 4.78 is 15.3. The molecule has 0 aliphatic carbocycles. The van der Waals surface area contributed by atoms with Gasteiger partial charge in [-0.2, -0.15) is 0 Å². The molecule has 2 fully saturated rings. The van der Waals surface area contributed by atoms with Crippen LogP contribution >= 0.6 is 11.3 Å².